The zero-order valence-corrected chi connectivity index (χ0v) is 28.1. The number of hydrogen-bond acceptors (Lipinski definition) is 1. The molecule has 0 spiro atoms. The molecule has 1 N–H and O–H groups in total. The van der Waals surface area contributed by atoms with Gasteiger partial charge in [0, 0.05) is 26.0 Å². The minimum atomic E-state index is -2.35. The van der Waals surface area contributed by atoms with E-state index in [-0.39, 0.29) is 17.4 Å². The summed E-state index contributed by atoms with van der Waals surface area (Å²) in [6.07, 6.45) is 0. The second kappa shape index (κ2) is 11.2. The Bertz CT molecular complexity index is 2810. The van der Waals surface area contributed by atoms with Crippen LogP contribution in [-0.2, 0) is 0 Å². The molecule has 0 radical (unpaired) electrons. The number of H-pyrrole nitrogens is 1. The van der Waals surface area contributed by atoms with E-state index in [1.807, 2.05) is 24.3 Å². The first-order chi connectivity index (χ1) is 25.1. The summed E-state index contributed by atoms with van der Waals surface area (Å²) in [5.74, 6) is 1.28. The summed E-state index contributed by atoms with van der Waals surface area (Å²) < 4.78 is 35.0. The number of aryl methyl sites for hydroxylation is 1. The first-order valence-corrected chi connectivity index (χ1v) is 17.2. The van der Waals surface area contributed by atoms with Crippen molar-refractivity contribution in [1.29, 1.82) is 0 Å². The number of aromatic amines is 1. The van der Waals surface area contributed by atoms with Crippen molar-refractivity contribution in [2.75, 3.05) is 0 Å². The minimum Gasteiger partial charge on any atom is -0.455 e. The molecule has 0 unspecified atom stereocenters. The predicted octanol–water partition coefficient (Wildman–Crippen LogP) is 12.5. The third-order valence-corrected chi connectivity index (χ3v) is 10.1. The first kappa shape index (κ1) is 26.3. The van der Waals surface area contributed by atoms with Crippen molar-refractivity contribution in [2.24, 2.45) is 0 Å². The molecule has 9 rings (SSSR count). The van der Waals surface area contributed by atoms with Crippen LogP contribution < -0.4 is 4.57 Å². The summed E-state index contributed by atoms with van der Waals surface area (Å²) in [6, 6.07) is 44.0. The standard InChI is InChI=1S/C46H38N2O/c1-27(2)36-23-33(30-13-7-6-8-14-30)24-37(28(3)4)44(36)48-41-18-12-11-17-40(41)47-46(48)35-22-19-29(5)43-39-26-38-32(25-42(39)49-45(35)43)21-20-31-15-9-10-16-34(31)38/h6-28H,1-5H3/p+1/i5D3. The van der Waals surface area contributed by atoms with Gasteiger partial charge in [-0.05, 0) is 99.4 Å². The highest BCUT2D eigenvalue weighted by atomic mass is 16.3. The van der Waals surface area contributed by atoms with E-state index in [2.05, 4.69) is 134 Å². The molecule has 49 heavy (non-hydrogen) atoms. The number of rotatable bonds is 5. The Morgan fingerprint density at radius 2 is 1.35 bits per heavy atom. The zero-order valence-electron chi connectivity index (χ0n) is 31.1. The van der Waals surface area contributed by atoms with Gasteiger partial charge in [0.1, 0.15) is 16.8 Å². The normalized spacial score (nSPS) is 13.3. The Balaban J connectivity index is 1.40. The van der Waals surface area contributed by atoms with Gasteiger partial charge in [-0.25, -0.2) is 4.98 Å². The average Bonchev–Trinajstić information content (AvgIpc) is 3.71. The molecule has 7 aromatic carbocycles. The maximum atomic E-state index is 8.62. The zero-order chi connectivity index (χ0) is 35.9. The summed E-state index contributed by atoms with van der Waals surface area (Å²) >= 11 is 0. The van der Waals surface area contributed by atoms with Crippen molar-refractivity contribution < 1.29 is 13.1 Å². The molecular weight excluding hydrogens is 597 g/mol. The molecule has 0 saturated heterocycles. The van der Waals surface area contributed by atoms with Crippen LogP contribution in [0, 0.1) is 6.85 Å². The number of nitrogens with one attached hydrogen (secondary N) is 1. The van der Waals surface area contributed by atoms with Gasteiger partial charge in [-0.3, -0.25) is 0 Å². The lowest BCUT2D eigenvalue weighted by Gasteiger charge is -2.20. The fraction of sp³-hybridized carbons (Fsp3) is 0.152. The van der Waals surface area contributed by atoms with Crippen molar-refractivity contribution >= 4 is 54.5 Å². The van der Waals surface area contributed by atoms with E-state index >= 15 is 0 Å². The third-order valence-electron chi connectivity index (χ3n) is 10.1. The van der Waals surface area contributed by atoms with Crippen LogP contribution in [0.15, 0.2) is 132 Å². The average molecular weight is 639 g/mol. The second-order valence-electron chi connectivity index (χ2n) is 13.8. The summed E-state index contributed by atoms with van der Waals surface area (Å²) in [5.41, 5.74) is 10.3. The van der Waals surface area contributed by atoms with Gasteiger partial charge < -0.3 is 4.42 Å². The second-order valence-corrected chi connectivity index (χ2v) is 13.8. The fourth-order valence-corrected chi connectivity index (χ4v) is 7.68. The molecule has 0 atom stereocenters. The number of aromatic nitrogens is 2. The lowest BCUT2D eigenvalue weighted by atomic mass is 9.88. The number of para-hydroxylation sites is 2. The molecule has 0 amide bonds. The molecule has 0 aliphatic rings. The molecule has 9 aromatic rings. The Labute approximate surface area is 290 Å². The molecule has 0 aliphatic carbocycles. The van der Waals surface area contributed by atoms with E-state index in [0.29, 0.717) is 16.6 Å². The molecule has 238 valence electrons. The lowest BCUT2D eigenvalue weighted by Crippen LogP contribution is -2.35. The van der Waals surface area contributed by atoms with Gasteiger partial charge in [-0.15, -0.1) is 0 Å². The van der Waals surface area contributed by atoms with Gasteiger partial charge in [0.2, 0.25) is 0 Å². The maximum Gasteiger partial charge on any atom is 0.296 e. The van der Waals surface area contributed by atoms with E-state index < -0.39 is 6.85 Å². The van der Waals surface area contributed by atoms with Crippen LogP contribution in [-0.4, -0.2) is 4.98 Å². The SMILES string of the molecule is [2H]C([2H])([2H])c1ccc(-c2[nH]c3ccccc3[n+]2-c2c(C(C)C)cc(-c3ccccc3)cc2C(C)C)c2oc3cc4ccc5ccccc5c4cc3c12. The van der Waals surface area contributed by atoms with Crippen LogP contribution >= 0.6 is 0 Å². The Morgan fingerprint density at radius 1 is 0.633 bits per heavy atom. The largest absolute Gasteiger partial charge is 0.455 e. The lowest BCUT2D eigenvalue weighted by molar-refractivity contribution is -0.556. The third kappa shape index (κ3) is 4.60. The number of imidazole rings is 1. The van der Waals surface area contributed by atoms with Crippen LogP contribution in [0.2, 0.25) is 0 Å². The van der Waals surface area contributed by atoms with Crippen LogP contribution in [0.1, 0.15) is 60.3 Å². The van der Waals surface area contributed by atoms with Gasteiger partial charge >= 0.3 is 0 Å². The van der Waals surface area contributed by atoms with Crippen molar-refractivity contribution in [3.8, 4) is 28.2 Å². The van der Waals surface area contributed by atoms with Gasteiger partial charge in [0.25, 0.3) is 5.82 Å². The molecule has 2 aromatic heterocycles. The van der Waals surface area contributed by atoms with Crippen molar-refractivity contribution in [3.63, 3.8) is 0 Å². The molecule has 0 aliphatic heterocycles. The number of benzene rings is 7. The molecule has 3 heteroatoms. The molecule has 0 fully saturated rings. The minimum absolute atomic E-state index is 0.219. The van der Waals surface area contributed by atoms with Gasteiger partial charge in [-0.2, -0.15) is 4.57 Å². The predicted molar refractivity (Wildman–Crippen MR) is 206 cm³/mol. The Kier molecular flexibility index (Phi) is 6.01. The Hall–Kier alpha value is -5.67. The Morgan fingerprint density at radius 3 is 2.12 bits per heavy atom. The number of fused-ring (bicyclic) bond motifs is 7. The molecule has 3 nitrogen and oxygen atoms in total. The molecule has 0 bridgehead atoms. The van der Waals surface area contributed by atoms with E-state index in [4.69, 9.17) is 8.53 Å². The van der Waals surface area contributed by atoms with E-state index in [1.165, 1.54) is 22.3 Å². The van der Waals surface area contributed by atoms with Gasteiger partial charge in [0.05, 0.1) is 0 Å². The van der Waals surface area contributed by atoms with E-state index in [9.17, 15) is 0 Å². The van der Waals surface area contributed by atoms with E-state index in [0.717, 1.165) is 55.0 Å². The first-order valence-electron chi connectivity index (χ1n) is 18.7. The molecular formula is C46H39N2O+. The van der Waals surface area contributed by atoms with Crippen molar-refractivity contribution in [1.82, 2.24) is 4.98 Å². The maximum absolute atomic E-state index is 8.62. The number of hydrogen-bond donors (Lipinski definition) is 1. The summed E-state index contributed by atoms with van der Waals surface area (Å²) in [4.78, 5) is 3.77. The van der Waals surface area contributed by atoms with Crippen LogP contribution in [0.25, 0.3) is 82.7 Å². The summed E-state index contributed by atoms with van der Waals surface area (Å²) in [5, 5.41) is 5.80. The highest BCUT2D eigenvalue weighted by Crippen LogP contribution is 2.41. The van der Waals surface area contributed by atoms with Crippen LogP contribution in [0.5, 0.6) is 0 Å². The number of nitrogens with zero attached hydrogens (tertiary/aromatic N) is 1. The van der Waals surface area contributed by atoms with Crippen molar-refractivity contribution in [2.45, 2.75) is 46.4 Å². The van der Waals surface area contributed by atoms with Crippen LogP contribution in [0.4, 0.5) is 0 Å². The highest BCUT2D eigenvalue weighted by molar-refractivity contribution is 6.18. The smallest absolute Gasteiger partial charge is 0.296 e. The van der Waals surface area contributed by atoms with Crippen molar-refractivity contribution in [3.05, 3.63) is 144 Å². The van der Waals surface area contributed by atoms with E-state index in [1.54, 1.807) is 6.07 Å². The van der Waals surface area contributed by atoms with Gasteiger partial charge in [0.15, 0.2) is 16.6 Å². The summed E-state index contributed by atoms with van der Waals surface area (Å²) in [6.45, 7) is 6.67. The summed E-state index contributed by atoms with van der Waals surface area (Å²) in [7, 11) is 0. The fourth-order valence-electron chi connectivity index (χ4n) is 7.68. The van der Waals surface area contributed by atoms with Crippen LogP contribution in [0.3, 0.4) is 0 Å². The molecule has 2 heterocycles. The monoisotopic (exact) mass is 638 g/mol. The topological polar surface area (TPSA) is 32.8 Å². The molecule has 0 saturated carbocycles. The number of furan rings is 1. The highest BCUT2D eigenvalue weighted by Gasteiger charge is 2.31. The quantitative estimate of drug-likeness (QED) is 0.148. The van der Waals surface area contributed by atoms with Gasteiger partial charge in [-0.1, -0.05) is 113 Å².